The molecule has 2 aromatic carbocycles. The van der Waals surface area contributed by atoms with Gasteiger partial charge in [-0.15, -0.1) is 0 Å². The summed E-state index contributed by atoms with van der Waals surface area (Å²) in [6.07, 6.45) is -0.684. The van der Waals surface area contributed by atoms with Crippen LogP contribution in [-0.4, -0.2) is 68.2 Å². The van der Waals surface area contributed by atoms with Crippen molar-refractivity contribution in [3.05, 3.63) is 59.9 Å². The highest BCUT2D eigenvalue weighted by Gasteiger charge is 2.29. The average molecular weight is 437 g/mol. The number of nitrogens with zero attached hydrogens (tertiary/aromatic N) is 2. The predicted molar refractivity (Wildman–Crippen MR) is 114 cm³/mol. The Morgan fingerprint density at radius 3 is 2.43 bits per heavy atom. The second kappa shape index (κ2) is 9.87. The highest BCUT2D eigenvalue weighted by molar-refractivity contribution is 7.89. The zero-order valence-corrected chi connectivity index (χ0v) is 18.2. The minimum Gasteiger partial charge on any atom is -0.491 e. The first kappa shape index (κ1) is 22.7. The van der Waals surface area contributed by atoms with Gasteiger partial charge in [-0.25, -0.2) is 12.8 Å². The van der Waals surface area contributed by atoms with Crippen molar-refractivity contribution in [1.82, 2.24) is 9.21 Å². The Labute approximate surface area is 177 Å². The van der Waals surface area contributed by atoms with E-state index in [1.165, 1.54) is 22.5 Å². The summed E-state index contributed by atoms with van der Waals surface area (Å²) in [6, 6.07) is 12.9. The summed E-state index contributed by atoms with van der Waals surface area (Å²) >= 11 is 0. The minimum atomic E-state index is -3.72. The fraction of sp³-hybridized carbons (Fsp3) is 0.455. The number of halogens is 1. The molecule has 1 N–H and O–H groups in total. The first-order valence-electron chi connectivity index (χ1n) is 10.1. The van der Waals surface area contributed by atoms with E-state index in [1.54, 1.807) is 0 Å². The van der Waals surface area contributed by atoms with Gasteiger partial charge in [-0.1, -0.05) is 38.1 Å². The Morgan fingerprint density at radius 1 is 1.07 bits per heavy atom. The van der Waals surface area contributed by atoms with Gasteiger partial charge >= 0.3 is 0 Å². The lowest BCUT2D eigenvalue weighted by Gasteiger charge is -2.34. The zero-order chi connectivity index (χ0) is 21.7. The minimum absolute atomic E-state index is 0.0341. The van der Waals surface area contributed by atoms with Gasteiger partial charge in [-0.05, 0) is 35.7 Å². The summed E-state index contributed by atoms with van der Waals surface area (Å²) in [5.74, 6) is 0.529. The first-order valence-corrected chi connectivity index (χ1v) is 11.6. The van der Waals surface area contributed by atoms with E-state index in [1.807, 2.05) is 29.2 Å². The largest absolute Gasteiger partial charge is 0.491 e. The summed E-state index contributed by atoms with van der Waals surface area (Å²) in [5.41, 5.74) is 1.10. The van der Waals surface area contributed by atoms with E-state index in [2.05, 4.69) is 13.8 Å². The lowest BCUT2D eigenvalue weighted by Crippen LogP contribution is -2.50. The van der Waals surface area contributed by atoms with Gasteiger partial charge < -0.3 is 9.84 Å². The van der Waals surface area contributed by atoms with E-state index in [0.29, 0.717) is 38.6 Å². The summed E-state index contributed by atoms with van der Waals surface area (Å²) in [7, 11) is -3.72. The number of sulfonamides is 1. The Kier molecular flexibility index (Phi) is 7.46. The van der Waals surface area contributed by atoms with E-state index in [9.17, 15) is 17.9 Å². The molecule has 0 radical (unpaired) electrons. The smallest absolute Gasteiger partial charge is 0.243 e. The number of aliphatic hydroxyl groups excluding tert-OH is 1. The van der Waals surface area contributed by atoms with Gasteiger partial charge in [0.05, 0.1) is 4.90 Å². The number of rotatable bonds is 8. The molecular weight excluding hydrogens is 407 g/mol. The topological polar surface area (TPSA) is 70.1 Å². The van der Waals surface area contributed by atoms with Gasteiger partial charge in [-0.3, -0.25) is 4.90 Å². The predicted octanol–water partition coefficient (Wildman–Crippen LogP) is 2.70. The second-order valence-electron chi connectivity index (χ2n) is 7.82. The summed E-state index contributed by atoms with van der Waals surface area (Å²) in [5, 5.41) is 10.4. The second-order valence-corrected chi connectivity index (χ2v) is 9.76. The van der Waals surface area contributed by atoms with Crippen molar-refractivity contribution < 1.29 is 22.7 Å². The maximum absolute atomic E-state index is 13.4. The monoisotopic (exact) mass is 436 g/mol. The molecule has 0 aliphatic carbocycles. The van der Waals surface area contributed by atoms with Crippen molar-refractivity contribution in [3.63, 3.8) is 0 Å². The third kappa shape index (κ3) is 5.57. The van der Waals surface area contributed by atoms with E-state index < -0.39 is 21.9 Å². The molecule has 1 aliphatic rings. The summed E-state index contributed by atoms with van der Waals surface area (Å²) < 4.78 is 46.0. The van der Waals surface area contributed by atoms with Crippen LogP contribution in [0.4, 0.5) is 4.39 Å². The number of ether oxygens (including phenoxy) is 1. The van der Waals surface area contributed by atoms with E-state index in [-0.39, 0.29) is 11.5 Å². The molecule has 0 saturated carbocycles. The third-order valence-electron chi connectivity index (χ3n) is 5.21. The van der Waals surface area contributed by atoms with Gasteiger partial charge in [0.25, 0.3) is 0 Å². The first-order chi connectivity index (χ1) is 14.3. The molecule has 1 unspecified atom stereocenters. The maximum atomic E-state index is 13.4. The van der Waals surface area contributed by atoms with Crippen molar-refractivity contribution >= 4 is 10.0 Å². The van der Waals surface area contributed by atoms with Crippen LogP contribution in [0.15, 0.2) is 53.4 Å². The quantitative estimate of drug-likeness (QED) is 0.689. The van der Waals surface area contributed by atoms with Crippen LogP contribution in [0.25, 0.3) is 0 Å². The lowest BCUT2D eigenvalue weighted by molar-refractivity contribution is 0.0565. The molecule has 1 fully saturated rings. The van der Waals surface area contributed by atoms with E-state index >= 15 is 0 Å². The molecule has 2 aromatic rings. The van der Waals surface area contributed by atoms with Gasteiger partial charge in [-0.2, -0.15) is 4.31 Å². The number of piperazine rings is 1. The molecule has 1 saturated heterocycles. The summed E-state index contributed by atoms with van der Waals surface area (Å²) in [4.78, 5) is 1.98. The maximum Gasteiger partial charge on any atom is 0.243 e. The average Bonchev–Trinajstić information content (AvgIpc) is 2.73. The highest BCUT2D eigenvalue weighted by atomic mass is 32.2. The fourth-order valence-electron chi connectivity index (χ4n) is 3.55. The number of hydrogen-bond acceptors (Lipinski definition) is 5. The van der Waals surface area contributed by atoms with Crippen molar-refractivity contribution in [1.29, 1.82) is 0 Å². The fourth-order valence-corrected chi connectivity index (χ4v) is 5.01. The molecule has 1 aliphatic heterocycles. The van der Waals surface area contributed by atoms with Crippen molar-refractivity contribution in [2.45, 2.75) is 30.8 Å². The molecule has 6 nitrogen and oxygen atoms in total. The molecule has 1 atom stereocenters. The highest BCUT2D eigenvalue weighted by Crippen LogP contribution is 2.26. The van der Waals surface area contributed by atoms with Gasteiger partial charge in [0.15, 0.2) is 0 Å². The molecule has 0 bridgehead atoms. The normalized spacial score (nSPS) is 17.2. The van der Waals surface area contributed by atoms with Crippen LogP contribution in [0.5, 0.6) is 5.75 Å². The zero-order valence-electron chi connectivity index (χ0n) is 17.4. The third-order valence-corrected chi connectivity index (χ3v) is 7.10. The molecule has 3 rings (SSSR count). The van der Waals surface area contributed by atoms with Crippen LogP contribution < -0.4 is 4.74 Å². The molecule has 164 valence electrons. The van der Waals surface area contributed by atoms with Gasteiger partial charge in [0.1, 0.15) is 24.3 Å². The van der Waals surface area contributed by atoms with Crippen LogP contribution in [0.3, 0.4) is 0 Å². The number of β-amino-alcohol motifs (C(OH)–C–C–N with tert-alkyl or cyclic N) is 1. The number of para-hydroxylation sites is 1. The van der Waals surface area contributed by atoms with Crippen LogP contribution in [0.2, 0.25) is 0 Å². The standard InChI is InChI=1S/C22H29FN2O4S/c1-17(2)21-8-3-4-9-22(21)29-16-19(26)15-24-10-12-25(13-11-24)30(27,28)20-7-5-6-18(23)14-20/h3-9,14,17,19,26H,10-13,15-16H2,1-2H3. The summed E-state index contributed by atoms with van der Waals surface area (Å²) in [6.45, 7) is 6.34. The molecular formula is C22H29FN2O4S. The Morgan fingerprint density at radius 2 is 1.77 bits per heavy atom. The van der Waals surface area contributed by atoms with Crippen molar-refractivity contribution in [2.75, 3.05) is 39.3 Å². The number of aliphatic hydroxyl groups is 1. The van der Waals surface area contributed by atoms with Crippen LogP contribution in [-0.2, 0) is 10.0 Å². The van der Waals surface area contributed by atoms with E-state index in [4.69, 9.17) is 4.74 Å². The van der Waals surface area contributed by atoms with E-state index in [0.717, 1.165) is 17.4 Å². The van der Waals surface area contributed by atoms with Crippen LogP contribution in [0, 0.1) is 5.82 Å². The van der Waals surface area contributed by atoms with Crippen molar-refractivity contribution in [2.24, 2.45) is 0 Å². The van der Waals surface area contributed by atoms with Crippen LogP contribution >= 0.6 is 0 Å². The number of hydrogen-bond donors (Lipinski definition) is 1. The molecule has 1 heterocycles. The Hall–Kier alpha value is -2.00. The Balaban J connectivity index is 1.50. The molecule has 30 heavy (non-hydrogen) atoms. The van der Waals surface area contributed by atoms with Gasteiger partial charge in [0.2, 0.25) is 10.0 Å². The van der Waals surface area contributed by atoms with Crippen LogP contribution in [0.1, 0.15) is 25.3 Å². The van der Waals surface area contributed by atoms with Crippen molar-refractivity contribution in [3.8, 4) is 5.75 Å². The Bertz CT molecular complexity index is 944. The number of benzene rings is 2. The SMILES string of the molecule is CC(C)c1ccccc1OCC(O)CN1CCN(S(=O)(=O)c2cccc(F)c2)CC1. The molecule has 0 aromatic heterocycles. The molecule has 0 spiro atoms. The molecule has 0 amide bonds. The lowest BCUT2D eigenvalue weighted by atomic mass is 10.0. The molecule has 8 heteroatoms. The van der Waals surface area contributed by atoms with Gasteiger partial charge in [0, 0.05) is 32.7 Å².